The smallest absolute Gasteiger partial charge is 0.220 e. The van der Waals surface area contributed by atoms with Crippen LogP contribution in [0.5, 0.6) is 0 Å². The summed E-state index contributed by atoms with van der Waals surface area (Å²) < 4.78 is 11.2. The lowest BCUT2D eigenvalue weighted by molar-refractivity contribution is -0.121. The molecule has 7 nitrogen and oxygen atoms in total. The minimum atomic E-state index is -0.0370. The van der Waals surface area contributed by atoms with Gasteiger partial charge in [0, 0.05) is 44.2 Å². The van der Waals surface area contributed by atoms with E-state index in [1.165, 1.54) is 5.56 Å². The van der Waals surface area contributed by atoms with Crippen molar-refractivity contribution in [2.24, 2.45) is 5.92 Å². The molecule has 0 atom stereocenters. The van der Waals surface area contributed by atoms with Crippen molar-refractivity contribution in [2.45, 2.75) is 39.7 Å². The number of carbonyl (C=O) groups is 1. The van der Waals surface area contributed by atoms with Crippen molar-refractivity contribution in [2.75, 3.05) is 31.2 Å². The van der Waals surface area contributed by atoms with Crippen LogP contribution in [0.4, 0.5) is 5.82 Å². The van der Waals surface area contributed by atoms with Crippen LogP contribution in [0.3, 0.4) is 0 Å². The predicted molar refractivity (Wildman–Crippen MR) is 128 cm³/mol. The molecule has 7 heteroatoms. The molecule has 33 heavy (non-hydrogen) atoms. The van der Waals surface area contributed by atoms with Gasteiger partial charge < -0.3 is 19.4 Å². The Morgan fingerprint density at radius 2 is 1.79 bits per heavy atom. The van der Waals surface area contributed by atoms with E-state index >= 15 is 0 Å². The van der Waals surface area contributed by atoms with Crippen LogP contribution >= 0.6 is 0 Å². The van der Waals surface area contributed by atoms with Crippen molar-refractivity contribution in [3.8, 4) is 11.3 Å². The lowest BCUT2D eigenvalue weighted by Gasteiger charge is -2.27. The van der Waals surface area contributed by atoms with Gasteiger partial charge >= 0.3 is 0 Å². The van der Waals surface area contributed by atoms with Crippen molar-refractivity contribution < 1.29 is 13.9 Å². The number of aryl methyl sites for hydroxylation is 1. The van der Waals surface area contributed by atoms with Gasteiger partial charge in [-0.1, -0.05) is 44.2 Å². The van der Waals surface area contributed by atoms with E-state index < -0.39 is 0 Å². The Bertz CT molecular complexity index is 1020. The second-order valence-electron chi connectivity index (χ2n) is 8.81. The Hall–Kier alpha value is -3.19. The number of rotatable bonds is 9. The van der Waals surface area contributed by atoms with Gasteiger partial charge in [-0.05, 0) is 29.5 Å². The normalized spacial score (nSPS) is 14.0. The number of pyridine rings is 1. The summed E-state index contributed by atoms with van der Waals surface area (Å²) in [7, 11) is 0. The summed E-state index contributed by atoms with van der Waals surface area (Å²) in [5.74, 6) is 2.84. The molecular weight excluding hydrogens is 416 g/mol. The molecule has 174 valence electrons. The zero-order valence-electron chi connectivity index (χ0n) is 19.4. The van der Waals surface area contributed by atoms with Crippen molar-refractivity contribution >= 4 is 11.7 Å². The summed E-state index contributed by atoms with van der Waals surface area (Å²) in [6.07, 6.45) is 5.40. The van der Waals surface area contributed by atoms with E-state index in [0.717, 1.165) is 55.4 Å². The number of ether oxygens (including phenoxy) is 1. The van der Waals surface area contributed by atoms with Crippen LogP contribution in [-0.2, 0) is 28.9 Å². The van der Waals surface area contributed by atoms with Gasteiger partial charge in [-0.3, -0.25) is 4.79 Å². The zero-order chi connectivity index (χ0) is 23.0. The summed E-state index contributed by atoms with van der Waals surface area (Å²) in [5, 5.41) is 2.95. The second-order valence-corrected chi connectivity index (χ2v) is 8.81. The largest absolute Gasteiger partial charge is 0.441 e. The van der Waals surface area contributed by atoms with Crippen LogP contribution in [0.1, 0.15) is 37.3 Å². The highest BCUT2D eigenvalue weighted by Gasteiger charge is 2.13. The van der Waals surface area contributed by atoms with E-state index in [1.54, 1.807) is 6.20 Å². The van der Waals surface area contributed by atoms with E-state index in [9.17, 15) is 4.79 Å². The number of hydrogen-bond donors (Lipinski definition) is 1. The van der Waals surface area contributed by atoms with Crippen molar-refractivity contribution in [3.05, 3.63) is 65.8 Å². The van der Waals surface area contributed by atoms with Crippen LogP contribution < -0.4 is 10.2 Å². The highest BCUT2D eigenvalue weighted by molar-refractivity contribution is 5.76. The molecule has 1 amide bonds. The quantitative estimate of drug-likeness (QED) is 0.533. The number of nitrogens with zero attached hydrogens (tertiary/aromatic N) is 3. The number of nitrogens with one attached hydrogen (secondary N) is 1. The molecule has 1 aliphatic heterocycles. The van der Waals surface area contributed by atoms with Crippen LogP contribution in [0.2, 0.25) is 0 Å². The molecule has 3 aromatic rings. The number of oxazole rings is 1. The summed E-state index contributed by atoms with van der Waals surface area (Å²) in [4.78, 5) is 23.3. The van der Waals surface area contributed by atoms with Gasteiger partial charge in [-0.15, -0.1) is 0 Å². The van der Waals surface area contributed by atoms with Gasteiger partial charge in [0.1, 0.15) is 5.82 Å². The van der Waals surface area contributed by atoms with E-state index in [2.05, 4.69) is 58.3 Å². The highest BCUT2D eigenvalue weighted by atomic mass is 16.5. The molecule has 0 spiro atoms. The third-order valence-corrected chi connectivity index (χ3v) is 5.64. The first kappa shape index (κ1) is 23.0. The molecule has 0 unspecified atom stereocenters. The maximum Gasteiger partial charge on any atom is 0.220 e. The van der Waals surface area contributed by atoms with Crippen LogP contribution in [0.15, 0.2) is 53.2 Å². The fourth-order valence-electron chi connectivity index (χ4n) is 3.85. The molecule has 0 saturated carbocycles. The number of aromatic nitrogens is 2. The van der Waals surface area contributed by atoms with Crippen molar-refractivity contribution in [1.29, 1.82) is 0 Å². The SMILES string of the molecule is CC(C)Cc1ccc(-c2cnc(CCC(=O)NCc3ccc(N4CCOCC4)nc3)o2)cc1. The van der Waals surface area contributed by atoms with E-state index in [4.69, 9.17) is 9.15 Å². The molecule has 0 aliphatic carbocycles. The molecule has 1 aliphatic rings. The standard InChI is InChI=1S/C26H32N4O3/c1-19(2)15-20-3-6-22(7-4-20)23-18-29-26(33-23)10-9-25(31)28-17-21-5-8-24(27-16-21)30-11-13-32-14-12-30/h3-8,16,18-19H,9-15,17H2,1-2H3,(H,28,31). The molecular formula is C26H32N4O3. The van der Waals surface area contributed by atoms with Crippen molar-refractivity contribution in [3.63, 3.8) is 0 Å². The second kappa shape index (κ2) is 11.1. The Kier molecular flexibility index (Phi) is 7.73. The first-order chi connectivity index (χ1) is 16.1. The lowest BCUT2D eigenvalue weighted by atomic mass is 10.0. The maximum atomic E-state index is 12.3. The molecule has 0 bridgehead atoms. The van der Waals surface area contributed by atoms with Gasteiger partial charge in [-0.2, -0.15) is 0 Å². The fourth-order valence-corrected chi connectivity index (χ4v) is 3.85. The van der Waals surface area contributed by atoms with Crippen LogP contribution in [-0.4, -0.2) is 42.2 Å². The van der Waals surface area contributed by atoms with Gasteiger partial charge in [0.25, 0.3) is 0 Å². The van der Waals surface area contributed by atoms with Crippen LogP contribution in [0.25, 0.3) is 11.3 Å². The topological polar surface area (TPSA) is 80.5 Å². The molecule has 1 saturated heterocycles. The third-order valence-electron chi connectivity index (χ3n) is 5.64. The monoisotopic (exact) mass is 448 g/mol. The molecule has 2 aromatic heterocycles. The minimum absolute atomic E-state index is 0.0370. The number of hydrogen-bond acceptors (Lipinski definition) is 6. The number of benzene rings is 1. The molecule has 1 N–H and O–H groups in total. The average molecular weight is 449 g/mol. The van der Waals surface area contributed by atoms with Gasteiger partial charge in [-0.25, -0.2) is 9.97 Å². The molecule has 0 radical (unpaired) electrons. The van der Waals surface area contributed by atoms with E-state index in [1.807, 2.05) is 18.3 Å². The van der Waals surface area contributed by atoms with Gasteiger partial charge in [0.05, 0.1) is 19.4 Å². The summed E-state index contributed by atoms with van der Waals surface area (Å²) >= 11 is 0. The third kappa shape index (κ3) is 6.65. The Balaban J connectivity index is 1.22. The average Bonchev–Trinajstić information content (AvgIpc) is 3.31. The Morgan fingerprint density at radius 3 is 2.48 bits per heavy atom. The molecule has 1 aromatic carbocycles. The first-order valence-electron chi connectivity index (χ1n) is 11.6. The first-order valence-corrected chi connectivity index (χ1v) is 11.6. The molecule has 1 fully saturated rings. The van der Waals surface area contributed by atoms with E-state index in [0.29, 0.717) is 31.2 Å². The molecule has 4 rings (SSSR count). The summed E-state index contributed by atoms with van der Waals surface area (Å²) in [6.45, 7) is 8.06. The number of anilines is 1. The summed E-state index contributed by atoms with van der Waals surface area (Å²) in [5.41, 5.74) is 3.29. The number of carbonyl (C=O) groups excluding carboxylic acids is 1. The number of morpholine rings is 1. The van der Waals surface area contributed by atoms with Crippen LogP contribution in [0, 0.1) is 5.92 Å². The fraction of sp³-hybridized carbons (Fsp3) is 0.423. The zero-order valence-corrected chi connectivity index (χ0v) is 19.4. The minimum Gasteiger partial charge on any atom is -0.441 e. The Labute approximate surface area is 195 Å². The van der Waals surface area contributed by atoms with E-state index in [-0.39, 0.29) is 5.91 Å². The number of amides is 1. The molecule has 3 heterocycles. The van der Waals surface area contributed by atoms with Gasteiger partial charge in [0.15, 0.2) is 11.7 Å². The van der Waals surface area contributed by atoms with Gasteiger partial charge in [0.2, 0.25) is 5.91 Å². The maximum absolute atomic E-state index is 12.3. The lowest BCUT2D eigenvalue weighted by Crippen LogP contribution is -2.36. The predicted octanol–water partition coefficient (Wildman–Crippen LogP) is 4.02. The van der Waals surface area contributed by atoms with Crippen molar-refractivity contribution in [1.82, 2.24) is 15.3 Å². The highest BCUT2D eigenvalue weighted by Crippen LogP contribution is 2.22. The summed E-state index contributed by atoms with van der Waals surface area (Å²) in [6, 6.07) is 12.4. The Morgan fingerprint density at radius 1 is 1.03 bits per heavy atom.